The van der Waals surface area contributed by atoms with E-state index in [-0.39, 0.29) is 22.0 Å². The third-order valence-electron chi connectivity index (χ3n) is 3.59. The van der Waals surface area contributed by atoms with Gasteiger partial charge in [0, 0.05) is 0 Å². The quantitative estimate of drug-likeness (QED) is 0.603. The second-order valence-electron chi connectivity index (χ2n) is 5.46. The smallest absolute Gasteiger partial charge is 0.299 e. The Hall–Kier alpha value is -3.24. The van der Waals surface area contributed by atoms with Gasteiger partial charge in [0.1, 0.15) is 11.4 Å². The van der Waals surface area contributed by atoms with E-state index in [4.69, 9.17) is 5.14 Å². The number of sulfonamides is 1. The maximum Gasteiger partial charge on any atom is 0.299 e. The number of aromatic hydroxyl groups is 1. The monoisotopic (exact) mass is 373 g/mol. The molecule has 0 spiro atoms. The minimum absolute atomic E-state index is 0.0364. The molecule has 0 saturated carbocycles. The van der Waals surface area contributed by atoms with Gasteiger partial charge in [-0.2, -0.15) is 0 Å². The first kappa shape index (κ1) is 17.6. The molecule has 0 radical (unpaired) electrons. The zero-order valence-electron chi connectivity index (χ0n) is 13.6. The van der Waals surface area contributed by atoms with Crippen molar-refractivity contribution in [3.8, 4) is 11.4 Å². The lowest BCUT2D eigenvalue weighted by Crippen LogP contribution is -2.13. The lowest BCUT2D eigenvalue weighted by Gasteiger charge is -2.01. The van der Waals surface area contributed by atoms with Crippen LogP contribution in [0.15, 0.2) is 68.4 Å². The van der Waals surface area contributed by atoms with Gasteiger partial charge in [0.2, 0.25) is 10.0 Å². The summed E-state index contributed by atoms with van der Waals surface area (Å²) in [5.41, 5.74) is 0.572. The van der Waals surface area contributed by atoms with Gasteiger partial charge in [-0.25, -0.2) is 18.2 Å². The summed E-state index contributed by atoms with van der Waals surface area (Å²) < 4.78 is 24.1. The van der Waals surface area contributed by atoms with Crippen molar-refractivity contribution in [2.24, 2.45) is 15.4 Å². The third kappa shape index (κ3) is 3.41. The van der Waals surface area contributed by atoms with Gasteiger partial charge in [0.25, 0.3) is 5.56 Å². The van der Waals surface area contributed by atoms with E-state index in [1.807, 2.05) is 6.07 Å². The van der Waals surface area contributed by atoms with Gasteiger partial charge in [-0.3, -0.25) is 9.89 Å². The van der Waals surface area contributed by atoms with Crippen LogP contribution in [0.1, 0.15) is 5.69 Å². The van der Waals surface area contributed by atoms with Crippen molar-refractivity contribution < 1.29 is 13.5 Å². The number of benzene rings is 2. The molecule has 0 aliphatic heterocycles. The van der Waals surface area contributed by atoms with Crippen molar-refractivity contribution >= 4 is 21.4 Å². The van der Waals surface area contributed by atoms with E-state index >= 15 is 0 Å². The largest absolute Gasteiger partial charge is 0.506 e. The Morgan fingerprint density at radius 3 is 2.46 bits per heavy atom. The standard InChI is InChI=1S/C16H15N5O4S/c1-10-15(16(23)21(20-10)11-5-3-2-4-6-11)19-18-13-9-12(26(17,24)25)7-8-14(13)22/h2-9,20,22H,1H3,(H2,17,24,25). The predicted octanol–water partition coefficient (Wildman–Crippen LogP) is 2.24. The number of rotatable bonds is 4. The number of primary sulfonamides is 1. The second kappa shape index (κ2) is 6.58. The average molecular weight is 373 g/mol. The number of aromatic nitrogens is 2. The molecule has 0 amide bonds. The first-order valence-electron chi connectivity index (χ1n) is 7.42. The molecule has 3 rings (SSSR count). The van der Waals surface area contributed by atoms with Crippen molar-refractivity contribution in [3.05, 3.63) is 64.6 Å². The first-order chi connectivity index (χ1) is 12.3. The maximum absolute atomic E-state index is 12.5. The highest BCUT2D eigenvalue weighted by Crippen LogP contribution is 2.30. The summed E-state index contributed by atoms with van der Waals surface area (Å²) in [6, 6.07) is 12.3. The molecular formula is C16H15N5O4S. The van der Waals surface area contributed by atoms with E-state index in [0.717, 1.165) is 18.2 Å². The third-order valence-corrected chi connectivity index (χ3v) is 4.50. The predicted molar refractivity (Wildman–Crippen MR) is 94.8 cm³/mol. The van der Waals surface area contributed by atoms with Crippen LogP contribution >= 0.6 is 0 Å². The van der Waals surface area contributed by atoms with Gasteiger partial charge in [-0.15, -0.1) is 10.2 Å². The Morgan fingerprint density at radius 2 is 1.81 bits per heavy atom. The molecule has 0 atom stereocenters. The molecule has 0 saturated heterocycles. The number of nitrogens with one attached hydrogen (secondary N) is 1. The number of para-hydroxylation sites is 1. The Kier molecular flexibility index (Phi) is 4.45. The lowest BCUT2D eigenvalue weighted by atomic mass is 10.3. The highest BCUT2D eigenvalue weighted by atomic mass is 32.2. The first-order valence-corrected chi connectivity index (χ1v) is 8.96. The minimum atomic E-state index is -3.96. The van der Waals surface area contributed by atoms with Gasteiger partial charge in [-0.05, 0) is 37.3 Å². The Balaban J connectivity index is 2.03. The van der Waals surface area contributed by atoms with Crippen molar-refractivity contribution in [2.45, 2.75) is 11.8 Å². The average Bonchev–Trinajstić information content (AvgIpc) is 2.88. The van der Waals surface area contributed by atoms with Gasteiger partial charge in [0.15, 0.2) is 5.69 Å². The molecule has 9 nitrogen and oxygen atoms in total. The van der Waals surface area contributed by atoms with Gasteiger partial charge in [-0.1, -0.05) is 18.2 Å². The fraction of sp³-hybridized carbons (Fsp3) is 0.0625. The topological polar surface area (TPSA) is 143 Å². The summed E-state index contributed by atoms with van der Waals surface area (Å²) in [6.07, 6.45) is 0. The van der Waals surface area contributed by atoms with Crippen molar-refractivity contribution in [2.75, 3.05) is 0 Å². The van der Waals surface area contributed by atoms with Crippen molar-refractivity contribution in [1.82, 2.24) is 9.78 Å². The summed E-state index contributed by atoms with van der Waals surface area (Å²) in [4.78, 5) is 12.3. The number of phenolic OH excluding ortho intramolecular Hbond substituents is 1. The lowest BCUT2D eigenvalue weighted by molar-refractivity contribution is 0.476. The Labute approximate surface area is 148 Å². The van der Waals surface area contributed by atoms with E-state index in [2.05, 4.69) is 15.3 Å². The van der Waals surface area contributed by atoms with Gasteiger partial charge >= 0.3 is 0 Å². The number of hydrogen-bond donors (Lipinski definition) is 3. The number of phenols is 1. The van der Waals surface area contributed by atoms with Crippen molar-refractivity contribution in [1.29, 1.82) is 0 Å². The van der Waals surface area contributed by atoms with E-state index in [0.29, 0.717) is 11.4 Å². The highest BCUT2D eigenvalue weighted by Gasteiger charge is 2.14. The Bertz CT molecular complexity index is 1150. The molecule has 4 N–H and O–H groups in total. The van der Waals surface area contributed by atoms with E-state index in [9.17, 15) is 18.3 Å². The van der Waals surface area contributed by atoms with Crippen LogP contribution in [0.3, 0.4) is 0 Å². The molecule has 2 aromatic carbocycles. The normalized spacial score (nSPS) is 11.9. The molecule has 0 fully saturated rings. The number of azo groups is 1. The number of nitrogens with two attached hydrogens (primary N) is 1. The number of aryl methyl sites for hydroxylation is 1. The molecule has 3 aromatic rings. The van der Waals surface area contributed by atoms with Gasteiger partial charge < -0.3 is 5.11 Å². The molecular weight excluding hydrogens is 358 g/mol. The number of H-pyrrole nitrogens is 1. The van der Waals surface area contributed by atoms with Crippen LogP contribution < -0.4 is 10.7 Å². The highest BCUT2D eigenvalue weighted by molar-refractivity contribution is 7.89. The zero-order valence-corrected chi connectivity index (χ0v) is 14.4. The summed E-state index contributed by atoms with van der Waals surface area (Å²) in [7, 11) is -3.96. The second-order valence-corrected chi connectivity index (χ2v) is 7.02. The van der Waals surface area contributed by atoms with Crippen LogP contribution in [0.4, 0.5) is 11.4 Å². The van der Waals surface area contributed by atoms with Crippen LogP contribution in [0.5, 0.6) is 5.75 Å². The minimum Gasteiger partial charge on any atom is -0.506 e. The molecule has 134 valence electrons. The number of aromatic amines is 1. The van der Waals surface area contributed by atoms with E-state index in [1.165, 1.54) is 4.68 Å². The molecule has 26 heavy (non-hydrogen) atoms. The van der Waals surface area contributed by atoms with Gasteiger partial charge in [0.05, 0.1) is 16.3 Å². The fourth-order valence-corrected chi connectivity index (χ4v) is 2.81. The van der Waals surface area contributed by atoms with Crippen LogP contribution in [-0.4, -0.2) is 23.3 Å². The van der Waals surface area contributed by atoms with Crippen LogP contribution in [-0.2, 0) is 10.0 Å². The number of hydrogen-bond acceptors (Lipinski definition) is 6. The Morgan fingerprint density at radius 1 is 1.12 bits per heavy atom. The fourth-order valence-electron chi connectivity index (χ4n) is 2.28. The molecule has 10 heteroatoms. The zero-order chi connectivity index (χ0) is 18.9. The summed E-state index contributed by atoms with van der Waals surface area (Å²) in [6.45, 7) is 1.65. The summed E-state index contributed by atoms with van der Waals surface area (Å²) >= 11 is 0. The van der Waals surface area contributed by atoms with Crippen molar-refractivity contribution in [3.63, 3.8) is 0 Å². The molecule has 1 aromatic heterocycles. The maximum atomic E-state index is 12.5. The van der Waals surface area contributed by atoms with Crippen LogP contribution in [0, 0.1) is 6.92 Å². The summed E-state index contributed by atoms with van der Waals surface area (Å²) in [5.74, 6) is -0.294. The summed E-state index contributed by atoms with van der Waals surface area (Å²) in [5, 5.41) is 25.4. The van der Waals surface area contributed by atoms with E-state index in [1.54, 1.807) is 31.2 Å². The SMILES string of the molecule is Cc1[nH]n(-c2ccccc2)c(=O)c1N=Nc1cc(S(N)(=O)=O)ccc1O. The molecule has 0 bridgehead atoms. The molecule has 0 unspecified atom stereocenters. The number of nitrogens with zero attached hydrogens (tertiary/aromatic N) is 3. The molecule has 0 aliphatic rings. The van der Waals surface area contributed by atoms with Crippen LogP contribution in [0.25, 0.3) is 5.69 Å². The molecule has 0 aliphatic carbocycles. The van der Waals surface area contributed by atoms with Crippen LogP contribution in [0.2, 0.25) is 0 Å². The molecule has 1 heterocycles. The van der Waals surface area contributed by atoms with E-state index < -0.39 is 15.6 Å².